The van der Waals surface area contributed by atoms with E-state index in [1.54, 1.807) is 0 Å². The van der Waals surface area contributed by atoms with Crippen molar-refractivity contribution in [3.05, 3.63) is 0 Å². The molecule has 1 atom stereocenters. The van der Waals surface area contributed by atoms with Crippen LogP contribution in [0.25, 0.3) is 0 Å². The largest absolute Gasteiger partial charge is 0.322 e. The number of hydrogen-bond donors (Lipinski definition) is 1. The third-order valence-electron chi connectivity index (χ3n) is 1.95. The number of aldehydes is 1. The van der Waals surface area contributed by atoms with Crippen molar-refractivity contribution in [1.82, 2.24) is 0 Å². The first-order chi connectivity index (χ1) is 5.03. The van der Waals surface area contributed by atoms with Gasteiger partial charge in [0.1, 0.15) is 6.29 Å². The van der Waals surface area contributed by atoms with E-state index in [-0.39, 0.29) is 18.8 Å². The third-order valence-corrected chi connectivity index (χ3v) is 1.95. The van der Waals surface area contributed by atoms with E-state index in [2.05, 4.69) is 0 Å². The Morgan fingerprint density at radius 3 is 2.55 bits per heavy atom. The molecule has 1 fully saturated rings. The van der Waals surface area contributed by atoms with E-state index in [1.165, 1.54) is 0 Å². The minimum Gasteiger partial charge on any atom is -0.322 e. The molecule has 0 aromatic rings. The second kappa shape index (κ2) is 2.85. The van der Waals surface area contributed by atoms with Crippen LogP contribution >= 0.6 is 0 Å². The Labute approximate surface area is 63.8 Å². The zero-order chi connectivity index (χ0) is 8.48. The summed E-state index contributed by atoms with van der Waals surface area (Å²) in [5.74, 6) is -2.54. The van der Waals surface area contributed by atoms with Gasteiger partial charge >= 0.3 is 0 Å². The molecule has 1 rings (SSSR count). The summed E-state index contributed by atoms with van der Waals surface area (Å²) < 4.78 is 24.4. The summed E-state index contributed by atoms with van der Waals surface area (Å²) in [6.45, 7) is 0. The van der Waals surface area contributed by atoms with Gasteiger partial charge in [-0.2, -0.15) is 0 Å². The molecule has 0 saturated heterocycles. The van der Waals surface area contributed by atoms with Gasteiger partial charge in [0, 0.05) is 12.8 Å². The van der Waals surface area contributed by atoms with Crippen molar-refractivity contribution in [3.63, 3.8) is 0 Å². The van der Waals surface area contributed by atoms with Gasteiger partial charge in [0.05, 0.1) is 6.04 Å². The van der Waals surface area contributed by atoms with Crippen LogP contribution in [-0.2, 0) is 4.79 Å². The van der Waals surface area contributed by atoms with Gasteiger partial charge in [0.2, 0.25) is 5.92 Å². The summed E-state index contributed by atoms with van der Waals surface area (Å²) in [6, 6.07) is -0.559. The van der Waals surface area contributed by atoms with Gasteiger partial charge in [0.15, 0.2) is 0 Å². The highest BCUT2D eigenvalue weighted by Crippen LogP contribution is 2.44. The highest BCUT2D eigenvalue weighted by Gasteiger charge is 2.45. The Kier molecular flexibility index (Phi) is 2.23. The fourth-order valence-corrected chi connectivity index (χ4v) is 1.39. The van der Waals surface area contributed by atoms with Gasteiger partial charge in [-0.05, 0) is 12.3 Å². The second-order valence-electron chi connectivity index (χ2n) is 3.17. The quantitative estimate of drug-likeness (QED) is 0.629. The molecule has 0 aromatic heterocycles. The molecule has 0 heterocycles. The molecule has 0 aromatic carbocycles. The van der Waals surface area contributed by atoms with Crippen molar-refractivity contribution >= 4 is 6.29 Å². The van der Waals surface area contributed by atoms with Gasteiger partial charge in [0.25, 0.3) is 0 Å². The van der Waals surface area contributed by atoms with E-state index < -0.39 is 12.0 Å². The zero-order valence-electron chi connectivity index (χ0n) is 6.09. The lowest BCUT2D eigenvalue weighted by Crippen LogP contribution is -2.39. The standard InChI is InChI=1S/C7H11F2NO/c8-7(9)2-5(3-7)1-6(10)4-11/h4-6H,1-3,10H2. The maximum absolute atomic E-state index is 12.2. The van der Waals surface area contributed by atoms with Crippen LogP contribution in [0.4, 0.5) is 8.78 Å². The molecule has 2 nitrogen and oxygen atoms in total. The SMILES string of the molecule is NC(C=O)CC1CC(F)(F)C1. The van der Waals surface area contributed by atoms with Gasteiger partial charge in [-0.3, -0.25) is 0 Å². The number of rotatable bonds is 3. The maximum atomic E-state index is 12.2. The van der Waals surface area contributed by atoms with Crippen LogP contribution in [0, 0.1) is 5.92 Å². The number of alkyl halides is 2. The number of halogens is 2. The Bertz CT molecular complexity index is 153. The lowest BCUT2D eigenvalue weighted by molar-refractivity contribution is -0.119. The molecule has 2 N–H and O–H groups in total. The molecule has 1 aliphatic rings. The van der Waals surface area contributed by atoms with Gasteiger partial charge in [-0.15, -0.1) is 0 Å². The number of carbonyl (C=O) groups excluding carboxylic acids is 1. The summed E-state index contributed by atoms with van der Waals surface area (Å²) >= 11 is 0. The topological polar surface area (TPSA) is 43.1 Å². The van der Waals surface area contributed by atoms with Crippen LogP contribution in [-0.4, -0.2) is 18.3 Å². The Morgan fingerprint density at radius 1 is 1.64 bits per heavy atom. The lowest BCUT2D eigenvalue weighted by Gasteiger charge is -2.35. The molecule has 1 aliphatic carbocycles. The highest BCUT2D eigenvalue weighted by molar-refractivity contribution is 5.56. The van der Waals surface area contributed by atoms with Crippen LogP contribution in [0.3, 0.4) is 0 Å². The van der Waals surface area contributed by atoms with E-state index in [9.17, 15) is 13.6 Å². The van der Waals surface area contributed by atoms with E-state index in [1.807, 2.05) is 0 Å². The van der Waals surface area contributed by atoms with Crippen molar-refractivity contribution in [2.24, 2.45) is 11.7 Å². The minimum absolute atomic E-state index is 0.0507. The monoisotopic (exact) mass is 163 g/mol. The van der Waals surface area contributed by atoms with Crippen LogP contribution < -0.4 is 5.73 Å². The van der Waals surface area contributed by atoms with Crippen molar-refractivity contribution in [2.75, 3.05) is 0 Å². The molecule has 1 unspecified atom stereocenters. The Morgan fingerprint density at radius 2 is 2.18 bits per heavy atom. The number of nitrogens with two attached hydrogens (primary N) is 1. The van der Waals surface area contributed by atoms with Gasteiger partial charge < -0.3 is 10.5 Å². The first-order valence-corrected chi connectivity index (χ1v) is 3.62. The van der Waals surface area contributed by atoms with E-state index >= 15 is 0 Å². The molecular weight excluding hydrogens is 152 g/mol. The molecular formula is C7H11F2NO. The molecule has 11 heavy (non-hydrogen) atoms. The van der Waals surface area contributed by atoms with E-state index in [0.717, 1.165) is 0 Å². The number of carbonyl (C=O) groups is 1. The summed E-state index contributed by atoms with van der Waals surface area (Å²) in [6.07, 6.45) is 0.804. The minimum atomic E-state index is -2.49. The molecule has 64 valence electrons. The Hall–Kier alpha value is -0.510. The fraction of sp³-hybridized carbons (Fsp3) is 0.857. The number of hydrogen-bond acceptors (Lipinski definition) is 2. The Balaban J connectivity index is 2.18. The lowest BCUT2D eigenvalue weighted by atomic mass is 9.78. The predicted octanol–water partition coefficient (Wildman–Crippen LogP) is 0.948. The van der Waals surface area contributed by atoms with E-state index in [4.69, 9.17) is 5.73 Å². The van der Waals surface area contributed by atoms with Crippen LogP contribution in [0.5, 0.6) is 0 Å². The van der Waals surface area contributed by atoms with Crippen LogP contribution in [0.2, 0.25) is 0 Å². The van der Waals surface area contributed by atoms with Crippen molar-refractivity contribution in [3.8, 4) is 0 Å². The van der Waals surface area contributed by atoms with Crippen molar-refractivity contribution in [2.45, 2.75) is 31.2 Å². The van der Waals surface area contributed by atoms with Gasteiger partial charge in [-0.25, -0.2) is 8.78 Å². The fourth-order valence-electron chi connectivity index (χ4n) is 1.39. The molecule has 1 saturated carbocycles. The van der Waals surface area contributed by atoms with Gasteiger partial charge in [-0.1, -0.05) is 0 Å². The first kappa shape index (κ1) is 8.59. The average Bonchev–Trinajstić information content (AvgIpc) is 1.83. The smallest absolute Gasteiger partial charge is 0.248 e. The summed E-state index contributed by atoms with van der Waals surface area (Å²) in [7, 11) is 0. The normalized spacial score (nSPS) is 25.7. The van der Waals surface area contributed by atoms with E-state index in [0.29, 0.717) is 12.7 Å². The predicted molar refractivity (Wildman–Crippen MR) is 36.3 cm³/mol. The maximum Gasteiger partial charge on any atom is 0.248 e. The highest BCUT2D eigenvalue weighted by atomic mass is 19.3. The third kappa shape index (κ3) is 2.22. The molecule has 0 aliphatic heterocycles. The summed E-state index contributed by atoms with van der Waals surface area (Å²) in [5, 5.41) is 0. The van der Waals surface area contributed by atoms with Crippen molar-refractivity contribution < 1.29 is 13.6 Å². The summed E-state index contributed by atoms with van der Waals surface area (Å²) in [4.78, 5) is 10.0. The molecule has 0 spiro atoms. The van der Waals surface area contributed by atoms with Crippen LogP contribution in [0.1, 0.15) is 19.3 Å². The molecule has 4 heteroatoms. The summed E-state index contributed by atoms with van der Waals surface area (Å²) in [5.41, 5.74) is 5.26. The second-order valence-corrected chi connectivity index (χ2v) is 3.17. The first-order valence-electron chi connectivity index (χ1n) is 3.62. The zero-order valence-corrected chi connectivity index (χ0v) is 6.09. The molecule has 0 bridgehead atoms. The van der Waals surface area contributed by atoms with Crippen molar-refractivity contribution in [1.29, 1.82) is 0 Å². The molecule has 0 radical (unpaired) electrons. The molecule has 0 amide bonds. The average molecular weight is 163 g/mol. The van der Waals surface area contributed by atoms with Crippen LogP contribution in [0.15, 0.2) is 0 Å².